The third-order valence-corrected chi connectivity index (χ3v) is 4.96. The zero-order valence-corrected chi connectivity index (χ0v) is 15.4. The van der Waals surface area contributed by atoms with E-state index in [2.05, 4.69) is 23.5 Å². The van der Waals surface area contributed by atoms with Crippen molar-refractivity contribution in [3.8, 4) is 17.2 Å². The fourth-order valence-electron chi connectivity index (χ4n) is 3.69. The standard InChI is InChI=1S/C22H23NO4/c1-25-19-13-15(14-20-22(19)27-12-11-26-20)9-10-21(24)23-18-8-4-6-16-5-2-3-7-17(16)18/h2-3,5,7,9-10,13-14,18H,4,6,8,11-12H2,1H3,(H,23,24)/b10-9+/t18-/m1/s1. The van der Waals surface area contributed by atoms with Gasteiger partial charge in [-0.1, -0.05) is 24.3 Å². The van der Waals surface area contributed by atoms with E-state index in [1.54, 1.807) is 19.3 Å². The van der Waals surface area contributed by atoms with Crippen LogP contribution in [0.1, 0.15) is 35.6 Å². The number of benzene rings is 2. The summed E-state index contributed by atoms with van der Waals surface area (Å²) in [7, 11) is 1.59. The van der Waals surface area contributed by atoms with E-state index in [0.717, 1.165) is 24.8 Å². The van der Waals surface area contributed by atoms with Gasteiger partial charge < -0.3 is 19.5 Å². The Morgan fingerprint density at radius 3 is 2.96 bits per heavy atom. The van der Waals surface area contributed by atoms with Gasteiger partial charge in [0, 0.05) is 6.08 Å². The maximum atomic E-state index is 12.5. The molecule has 0 unspecified atom stereocenters. The van der Waals surface area contributed by atoms with Crippen molar-refractivity contribution in [3.63, 3.8) is 0 Å². The number of carbonyl (C=O) groups is 1. The molecule has 1 amide bonds. The Morgan fingerprint density at radius 1 is 1.22 bits per heavy atom. The molecule has 1 heterocycles. The molecule has 1 N–H and O–H groups in total. The second kappa shape index (κ2) is 7.74. The van der Waals surface area contributed by atoms with Crippen molar-refractivity contribution in [3.05, 3.63) is 59.2 Å². The molecule has 0 bridgehead atoms. The average Bonchev–Trinajstić information content (AvgIpc) is 2.72. The summed E-state index contributed by atoms with van der Waals surface area (Å²) in [6.07, 6.45) is 6.46. The van der Waals surface area contributed by atoms with Gasteiger partial charge in [-0.2, -0.15) is 0 Å². The lowest BCUT2D eigenvalue weighted by atomic mass is 9.88. The first-order valence-corrected chi connectivity index (χ1v) is 9.28. The number of fused-ring (bicyclic) bond motifs is 2. The van der Waals surface area contributed by atoms with Gasteiger partial charge in [0.05, 0.1) is 13.2 Å². The zero-order valence-electron chi connectivity index (χ0n) is 15.4. The third-order valence-electron chi connectivity index (χ3n) is 4.96. The highest BCUT2D eigenvalue weighted by Gasteiger charge is 2.21. The van der Waals surface area contributed by atoms with Crippen LogP contribution in [-0.4, -0.2) is 26.2 Å². The van der Waals surface area contributed by atoms with E-state index >= 15 is 0 Å². The molecule has 1 atom stereocenters. The van der Waals surface area contributed by atoms with Gasteiger partial charge in [0.2, 0.25) is 11.7 Å². The minimum atomic E-state index is -0.106. The molecule has 1 aliphatic carbocycles. The number of ether oxygens (including phenoxy) is 3. The summed E-state index contributed by atoms with van der Waals surface area (Å²) in [6.45, 7) is 1.01. The average molecular weight is 365 g/mol. The van der Waals surface area contributed by atoms with E-state index < -0.39 is 0 Å². The summed E-state index contributed by atoms with van der Waals surface area (Å²) >= 11 is 0. The Kier molecular flexibility index (Phi) is 5.01. The van der Waals surface area contributed by atoms with E-state index in [9.17, 15) is 4.79 Å². The van der Waals surface area contributed by atoms with E-state index in [1.165, 1.54) is 11.1 Å². The molecule has 0 radical (unpaired) electrons. The van der Waals surface area contributed by atoms with Crippen LogP contribution in [0.25, 0.3) is 6.08 Å². The lowest BCUT2D eigenvalue weighted by Gasteiger charge is -2.25. The van der Waals surface area contributed by atoms with Gasteiger partial charge in [0.15, 0.2) is 11.5 Å². The van der Waals surface area contributed by atoms with Crippen LogP contribution in [0.4, 0.5) is 0 Å². The zero-order chi connectivity index (χ0) is 18.6. The van der Waals surface area contributed by atoms with Crippen LogP contribution in [0.5, 0.6) is 17.2 Å². The van der Waals surface area contributed by atoms with Crippen LogP contribution < -0.4 is 19.5 Å². The number of amides is 1. The maximum absolute atomic E-state index is 12.5. The molecule has 5 heteroatoms. The molecular formula is C22H23NO4. The van der Waals surface area contributed by atoms with Crippen molar-refractivity contribution in [2.75, 3.05) is 20.3 Å². The highest BCUT2D eigenvalue weighted by Crippen LogP contribution is 2.40. The van der Waals surface area contributed by atoms with Crippen LogP contribution in [0.2, 0.25) is 0 Å². The summed E-state index contributed by atoms with van der Waals surface area (Å²) in [5, 5.41) is 3.12. The van der Waals surface area contributed by atoms with Crippen LogP contribution in [0, 0.1) is 0 Å². The Hall–Kier alpha value is -2.95. The smallest absolute Gasteiger partial charge is 0.244 e. The highest BCUT2D eigenvalue weighted by atomic mass is 16.6. The van der Waals surface area contributed by atoms with Crippen molar-refractivity contribution >= 4 is 12.0 Å². The first kappa shape index (κ1) is 17.5. The van der Waals surface area contributed by atoms with Crippen LogP contribution in [0.3, 0.4) is 0 Å². The molecule has 0 spiro atoms. The molecule has 27 heavy (non-hydrogen) atoms. The largest absolute Gasteiger partial charge is 0.493 e. The van der Waals surface area contributed by atoms with Crippen molar-refractivity contribution < 1.29 is 19.0 Å². The van der Waals surface area contributed by atoms with Crippen LogP contribution in [0.15, 0.2) is 42.5 Å². The van der Waals surface area contributed by atoms with Gasteiger partial charge in [-0.3, -0.25) is 4.79 Å². The van der Waals surface area contributed by atoms with Gasteiger partial charge >= 0.3 is 0 Å². The Morgan fingerprint density at radius 2 is 2.07 bits per heavy atom. The molecule has 0 saturated heterocycles. The molecular weight excluding hydrogens is 342 g/mol. The number of hydrogen-bond donors (Lipinski definition) is 1. The second-order valence-electron chi connectivity index (χ2n) is 6.73. The first-order chi connectivity index (χ1) is 13.2. The molecule has 2 aromatic rings. The van der Waals surface area contributed by atoms with E-state index in [0.29, 0.717) is 30.5 Å². The normalized spacial score (nSPS) is 18.0. The molecule has 0 saturated carbocycles. The van der Waals surface area contributed by atoms with Crippen molar-refractivity contribution in [2.24, 2.45) is 0 Å². The van der Waals surface area contributed by atoms with Gasteiger partial charge in [-0.25, -0.2) is 0 Å². The topological polar surface area (TPSA) is 56.8 Å². The van der Waals surface area contributed by atoms with E-state index in [1.807, 2.05) is 18.2 Å². The summed E-state index contributed by atoms with van der Waals surface area (Å²) < 4.78 is 16.6. The number of carbonyl (C=O) groups excluding carboxylic acids is 1. The van der Waals surface area contributed by atoms with Crippen LogP contribution >= 0.6 is 0 Å². The van der Waals surface area contributed by atoms with Crippen molar-refractivity contribution in [2.45, 2.75) is 25.3 Å². The number of methoxy groups -OCH3 is 1. The fraction of sp³-hybridized carbons (Fsp3) is 0.318. The molecule has 140 valence electrons. The minimum absolute atomic E-state index is 0.0712. The summed E-state index contributed by atoms with van der Waals surface area (Å²) in [5.74, 6) is 1.75. The molecule has 2 aromatic carbocycles. The minimum Gasteiger partial charge on any atom is -0.493 e. The third kappa shape index (κ3) is 3.77. The molecule has 2 aliphatic rings. The number of aryl methyl sites for hydroxylation is 1. The Bertz CT molecular complexity index is 857. The lowest BCUT2D eigenvalue weighted by molar-refractivity contribution is -0.117. The molecule has 1 aliphatic heterocycles. The summed E-state index contributed by atoms with van der Waals surface area (Å²) in [5.41, 5.74) is 3.39. The quantitative estimate of drug-likeness (QED) is 0.840. The Balaban J connectivity index is 1.48. The van der Waals surface area contributed by atoms with E-state index in [4.69, 9.17) is 14.2 Å². The SMILES string of the molecule is COc1cc(/C=C/C(=O)N[C@@H]2CCCc3ccccc32)cc2c1OCCO2. The molecule has 0 fully saturated rings. The van der Waals surface area contributed by atoms with Gasteiger partial charge in [-0.05, 0) is 54.2 Å². The van der Waals surface area contributed by atoms with Gasteiger partial charge in [0.25, 0.3) is 0 Å². The number of rotatable bonds is 4. The van der Waals surface area contributed by atoms with Gasteiger partial charge in [-0.15, -0.1) is 0 Å². The molecule has 5 nitrogen and oxygen atoms in total. The monoisotopic (exact) mass is 365 g/mol. The predicted octanol–water partition coefficient (Wildman–Crippen LogP) is 3.67. The predicted molar refractivity (Wildman–Crippen MR) is 103 cm³/mol. The first-order valence-electron chi connectivity index (χ1n) is 9.28. The van der Waals surface area contributed by atoms with Crippen molar-refractivity contribution in [1.82, 2.24) is 5.32 Å². The summed E-state index contributed by atoms with van der Waals surface area (Å²) in [4.78, 5) is 12.5. The second-order valence-corrected chi connectivity index (χ2v) is 6.73. The number of hydrogen-bond acceptors (Lipinski definition) is 4. The number of nitrogens with one attached hydrogen (secondary N) is 1. The lowest BCUT2D eigenvalue weighted by Crippen LogP contribution is -2.29. The van der Waals surface area contributed by atoms with Crippen LogP contribution in [-0.2, 0) is 11.2 Å². The van der Waals surface area contributed by atoms with E-state index in [-0.39, 0.29) is 11.9 Å². The maximum Gasteiger partial charge on any atom is 0.244 e. The highest BCUT2D eigenvalue weighted by molar-refractivity contribution is 5.92. The fourth-order valence-corrected chi connectivity index (χ4v) is 3.69. The molecule has 4 rings (SSSR count). The Labute approximate surface area is 158 Å². The van der Waals surface area contributed by atoms with Crippen molar-refractivity contribution in [1.29, 1.82) is 0 Å². The summed E-state index contributed by atoms with van der Waals surface area (Å²) in [6, 6.07) is 12.1. The van der Waals surface area contributed by atoms with Gasteiger partial charge in [0.1, 0.15) is 13.2 Å². The molecule has 0 aromatic heterocycles.